The van der Waals surface area contributed by atoms with E-state index in [4.69, 9.17) is 4.74 Å². The van der Waals surface area contributed by atoms with E-state index in [-0.39, 0.29) is 24.3 Å². The van der Waals surface area contributed by atoms with Crippen LogP contribution in [0.25, 0.3) is 0 Å². The van der Waals surface area contributed by atoms with E-state index in [9.17, 15) is 14.4 Å². The molecule has 3 amide bonds. The van der Waals surface area contributed by atoms with E-state index >= 15 is 0 Å². The zero-order valence-corrected chi connectivity index (χ0v) is 18.7. The van der Waals surface area contributed by atoms with Gasteiger partial charge in [-0.15, -0.1) is 0 Å². The highest BCUT2D eigenvalue weighted by atomic mass is 16.5. The minimum Gasteiger partial charge on any atom is -0.378 e. The summed E-state index contributed by atoms with van der Waals surface area (Å²) >= 11 is 0. The van der Waals surface area contributed by atoms with E-state index in [2.05, 4.69) is 16.0 Å². The standard InChI is InChI=1S/C24H30N4O4/c1-24(2,3)23(31)27-20-6-4-5-19(15-20)26-21(29)16-25-18-9-7-17(8-10-18)22(30)28-11-13-32-14-12-28/h4-10,15,25H,11-14,16H2,1-3H3,(H,26,29)(H,27,31). The summed E-state index contributed by atoms with van der Waals surface area (Å²) < 4.78 is 5.28. The number of anilines is 3. The fourth-order valence-electron chi connectivity index (χ4n) is 3.06. The first-order valence-corrected chi connectivity index (χ1v) is 10.6. The SMILES string of the molecule is CC(C)(C)C(=O)Nc1cccc(NC(=O)CNc2ccc(C(=O)N3CCOCC3)cc2)c1. The van der Waals surface area contributed by atoms with Gasteiger partial charge in [0.1, 0.15) is 0 Å². The Labute approximate surface area is 188 Å². The summed E-state index contributed by atoms with van der Waals surface area (Å²) in [4.78, 5) is 38.7. The van der Waals surface area contributed by atoms with Crippen molar-refractivity contribution in [1.29, 1.82) is 0 Å². The molecule has 0 bridgehead atoms. The number of carbonyl (C=O) groups excluding carboxylic acids is 3. The Hall–Kier alpha value is -3.39. The van der Waals surface area contributed by atoms with Crippen LogP contribution in [0, 0.1) is 5.41 Å². The van der Waals surface area contributed by atoms with Gasteiger partial charge >= 0.3 is 0 Å². The van der Waals surface area contributed by atoms with Gasteiger partial charge in [-0.25, -0.2) is 0 Å². The van der Waals surface area contributed by atoms with Crippen molar-refractivity contribution in [3.05, 3.63) is 54.1 Å². The number of amides is 3. The molecule has 0 unspecified atom stereocenters. The first kappa shape index (κ1) is 23.3. The summed E-state index contributed by atoms with van der Waals surface area (Å²) in [6.45, 7) is 7.90. The number of hydrogen-bond acceptors (Lipinski definition) is 5. The quantitative estimate of drug-likeness (QED) is 0.643. The predicted molar refractivity (Wildman–Crippen MR) is 125 cm³/mol. The van der Waals surface area contributed by atoms with Crippen molar-refractivity contribution < 1.29 is 19.1 Å². The zero-order valence-electron chi connectivity index (χ0n) is 18.7. The van der Waals surface area contributed by atoms with Gasteiger partial charge in [-0.3, -0.25) is 14.4 Å². The van der Waals surface area contributed by atoms with Crippen molar-refractivity contribution in [2.45, 2.75) is 20.8 Å². The zero-order chi connectivity index (χ0) is 23.1. The number of morpholine rings is 1. The Balaban J connectivity index is 1.50. The van der Waals surface area contributed by atoms with E-state index in [1.54, 1.807) is 53.4 Å². The molecule has 1 heterocycles. The first-order valence-electron chi connectivity index (χ1n) is 10.6. The Bertz CT molecular complexity index is 961. The molecular formula is C24H30N4O4. The third kappa shape index (κ3) is 6.55. The molecule has 0 aliphatic carbocycles. The number of ether oxygens (including phenoxy) is 1. The van der Waals surface area contributed by atoms with Crippen molar-refractivity contribution in [3.63, 3.8) is 0 Å². The van der Waals surface area contributed by atoms with Crippen LogP contribution in [0.4, 0.5) is 17.1 Å². The molecule has 3 N–H and O–H groups in total. The second-order valence-corrected chi connectivity index (χ2v) is 8.67. The maximum Gasteiger partial charge on any atom is 0.254 e. The number of nitrogens with one attached hydrogen (secondary N) is 3. The molecule has 2 aromatic carbocycles. The van der Waals surface area contributed by atoms with Gasteiger partial charge < -0.3 is 25.6 Å². The van der Waals surface area contributed by atoms with Crippen LogP contribution in [-0.4, -0.2) is 55.5 Å². The minimum atomic E-state index is -0.508. The van der Waals surface area contributed by atoms with Crippen LogP contribution in [0.2, 0.25) is 0 Å². The molecule has 32 heavy (non-hydrogen) atoms. The number of carbonyl (C=O) groups is 3. The van der Waals surface area contributed by atoms with Crippen molar-refractivity contribution in [2.75, 3.05) is 48.8 Å². The van der Waals surface area contributed by atoms with Crippen LogP contribution in [0.3, 0.4) is 0 Å². The topological polar surface area (TPSA) is 99.8 Å². The number of hydrogen-bond donors (Lipinski definition) is 3. The van der Waals surface area contributed by atoms with Crippen molar-refractivity contribution in [3.8, 4) is 0 Å². The Morgan fingerprint density at radius 1 is 0.906 bits per heavy atom. The van der Waals surface area contributed by atoms with Crippen LogP contribution in [-0.2, 0) is 14.3 Å². The summed E-state index contributed by atoms with van der Waals surface area (Å²) in [6.07, 6.45) is 0. The monoisotopic (exact) mass is 438 g/mol. The molecule has 8 nitrogen and oxygen atoms in total. The van der Waals surface area contributed by atoms with Gasteiger partial charge in [-0.2, -0.15) is 0 Å². The largest absolute Gasteiger partial charge is 0.378 e. The molecule has 1 aliphatic heterocycles. The summed E-state index contributed by atoms with van der Waals surface area (Å²) in [5.41, 5.74) is 2.05. The normalized spacial score (nSPS) is 13.9. The number of benzene rings is 2. The smallest absolute Gasteiger partial charge is 0.254 e. The molecule has 0 atom stereocenters. The molecule has 0 spiro atoms. The van der Waals surface area contributed by atoms with Crippen LogP contribution < -0.4 is 16.0 Å². The molecule has 1 fully saturated rings. The lowest BCUT2D eigenvalue weighted by Crippen LogP contribution is -2.40. The van der Waals surface area contributed by atoms with Crippen LogP contribution in [0.1, 0.15) is 31.1 Å². The molecule has 0 radical (unpaired) electrons. The molecule has 1 aliphatic rings. The third-order valence-electron chi connectivity index (χ3n) is 4.97. The van der Waals surface area contributed by atoms with E-state index in [1.807, 2.05) is 20.8 Å². The Morgan fingerprint density at radius 3 is 2.16 bits per heavy atom. The predicted octanol–water partition coefficient (Wildman–Crippen LogP) is 3.19. The van der Waals surface area contributed by atoms with E-state index in [0.29, 0.717) is 43.2 Å². The molecular weight excluding hydrogens is 408 g/mol. The summed E-state index contributed by atoms with van der Waals surface area (Å²) in [7, 11) is 0. The molecule has 3 rings (SSSR count). The van der Waals surface area contributed by atoms with Gasteiger partial charge in [-0.1, -0.05) is 26.8 Å². The average molecular weight is 439 g/mol. The van der Waals surface area contributed by atoms with E-state index in [1.165, 1.54) is 0 Å². The molecule has 170 valence electrons. The maximum absolute atomic E-state index is 12.5. The van der Waals surface area contributed by atoms with Gasteiger partial charge in [0.15, 0.2) is 0 Å². The fraction of sp³-hybridized carbons (Fsp3) is 0.375. The van der Waals surface area contributed by atoms with Gasteiger partial charge in [0.2, 0.25) is 11.8 Å². The molecule has 1 saturated heterocycles. The lowest BCUT2D eigenvalue weighted by molar-refractivity contribution is -0.123. The number of nitrogens with zero attached hydrogens (tertiary/aromatic N) is 1. The highest BCUT2D eigenvalue weighted by Crippen LogP contribution is 2.20. The maximum atomic E-state index is 12.5. The molecule has 8 heteroatoms. The van der Waals surface area contributed by atoms with Gasteiger partial charge in [0.25, 0.3) is 5.91 Å². The van der Waals surface area contributed by atoms with E-state index < -0.39 is 5.41 Å². The molecule has 0 aromatic heterocycles. The molecule has 2 aromatic rings. The Morgan fingerprint density at radius 2 is 1.53 bits per heavy atom. The van der Waals surface area contributed by atoms with Crippen LogP contribution >= 0.6 is 0 Å². The van der Waals surface area contributed by atoms with Crippen molar-refractivity contribution in [1.82, 2.24) is 4.90 Å². The van der Waals surface area contributed by atoms with Crippen molar-refractivity contribution in [2.24, 2.45) is 5.41 Å². The summed E-state index contributed by atoms with van der Waals surface area (Å²) in [5, 5.41) is 8.71. The highest BCUT2D eigenvalue weighted by molar-refractivity contribution is 5.97. The van der Waals surface area contributed by atoms with Gasteiger partial charge in [-0.05, 0) is 42.5 Å². The highest BCUT2D eigenvalue weighted by Gasteiger charge is 2.21. The van der Waals surface area contributed by atoms with E-state index in [0.717, 1.165) is 5.69 Å². The lowest BCUT2D eigenvalue weighted by atomic mass is 9.95. The van der Waals surface area contributed by atoms with Crippen molar-refractivity contribution >= 4 is 34.8 Å². The summed E-state index contributed by atoms with van der Waals surface area (Å²) in [5.74, 6) is -0.341. The Kier molecular flexibility index (Phi) is 7.48. The summed E-state index contributed by atoms with van der Waals surface area (Å²) in [6, 6.07) is 14.1. The van der Waals surface area contributed by atoms with Crippen LogP contribution in [0.15, 0.2) is 48.5 Å². The second kappa shape index (κ2) is 10.3. The van der Waals surface area contributed by atoms with Crippen LogP contribution in [0.5, 0.6) is 0 Å². The third-order valence-corrected chi connectivity index (χ3v) is 4.97. The van der Waals surface area contributed by atoms with Gasteiger partial charge in [0, 0.05) is 41.1 Å². The average Bonchev–Trinajstić information content (AvgIpc) is 2.78. The number of rotatable bonds is 6. The first-order chi connectivity index (χ1) is 15.2. The molecule has 0 saturated carbocycles. The minimum absolute atomic E-state index is 0.0176. The van der Waals surface area contributed by atoms with Gasteiger partial charge in [0.05, 0.1) is 19.8 Å². The second-order valence-electron chi connectivity index (χ2n) is 8.67. The fourth-order valence-corrected chi connectivity index (χ4v) is 3.06. The lowest BCUT2D eigenvalue weighted by Gasteiger charge is -2.26.